The van der Waals surface area contributed by atoms with Crippen LogP contribution < -0.4 is 0 Å². The Kier molecular flexibility index (Phi) is 8.23. The van der Waals surface area contributed by atoms with Crippen LogP contribution in [-0.4, -0.2) is 51.0 Å². The minimum atomic E-state index is -3.13. The molecular weight excluding hydrogens is 215 g/mol. The second kappa shape index (κ2) is 9.38. The van der Waals surface area contributed by atoms with Crippen LogP contribution in [0.5, 0.6) is 0 Å². The number of nitrogens with one attached hydrogen (secondary N) is 2. The first-order chi connectivity index (χ1) is 6.73. The maximum atomic E-state index is 8.74. The molecule has 0 saturated carbocycles. The molecule has 0 unspecified atom stereocenters. The zero-order chi connectivity index (χ0) is 10.6. The van der Waals surface area contributed by atoms with Gasteiger partial charge in [-0.2, -0.15) is 0 Å². The van der Waals surface area contributed by atoms with Crippen LogP contribution in [0.25, 0.3) is 0 Å². The molecule has 0 aliphatic heterocycles. The lowest BCUT2D eigenvalue weighted by Gasteiger charge is -1.61. The normalized spacial score (nSPS) is 8.21. The molecule has 4 N–H and O–H groups in total. The van der Waals surface area contributed by atoms with Crippen molar-refractivity contribution in [1.29, 1.82) is 0 Å². The van der Waals surface area contributed by atoms with Gasteiger partial charge in [0, 0.05) is 0 Å². The van der Waals surface area contributed by atoms with Crippen molar-refractivity contribution >= 4 is 8.25 Å². The lowest BCUT2D eigenvalue weighted by molar-refractivity contribution is 0.405. The summed E-state index contributed by atoms with van der Waals surface area (Å²) in [5, 5.41) is 24.2. The van der Waals surface area contributed by atoms with Gasteiger partial charge in [0.1, 0.15) is 12.7 Å². The summed E-state index contributed by atoms with van der Waals surface area (Å²) in [6.45, 7) is 0. The number of tetrazole rings is 2. The molecular formula is C2H7N8O3P. The molecule has 11 nitrogen and oxygen atoms in total. The summed E-state index contributed by atoms with van der Waals surface area (Å²) < 4.78 is 8.74. The van der Waals surface area contributed by atoms with Crippen molar-refractivity contribution in [2.75, 3.05) is 0 Å². The second-order valence-corrected chi connectivity index (χ2v) is 1.97. The van der Waals surface area contributed by atoms with E-state index in [1.54, 1.807) is 0 Å². The molecule has 12 heteroatoms. The van der Waals surface area contributed by atoms with Crippen molar-refractivity contribution in [3.63, 3.8) is 0 Å². The lowest BCUT2D eigenvalue weighted by atomic mass is 11.4. The van der Waals surface area contributed by atoms with E-state index in [4.69, 9.17) is 14.4 Å². The maximum Gasteiger partial charge on any atom is 0.314 e. The second-order valence-electron chi connectivity index (χ2n) is 1.41. The molecule has 0 fully saturated rings. The highest BCUT2D eigenvalue weighted by Gasteiger charge is 1.61. The van der Waals surface area contributed by atoms with E-state index < -0.39 is 8.25 Å². The van der Waals surface area contributed by atoms with Crippen molar-refractivity contribution in [3.8, 4) is 0 Å². The molecule has 0 saturated heterocycles. The molecule has 14 heavy (non-hydrogen) atoms. The van der Waals surface area contributed by atoms with Gasteiger partial charge in [-0.15, -0.1) is 10.2 Å². The van der Waals surface area contributed by atoms with Gasteiger partial charge in [0.05, 0.1) is 0 Å². The highest BCUT2D eigenvalue weighted by atomic mass is 31.1. The Morgan fingerprint density at radius 3 is 1.43 bits per heavy atom. The Balaban J connectivity index is 0.000000183. The van der Waals surface area contributed by atoms with Crippen LogP contribution in [0, 0.1) is 0 Å². The van der Waals surface area contributed by atoms with E-state index in [2.05, 4.69) is 41.2 Å². The topological polar surface area (TPSA) is 166 Å². The Morgan fingerprint density at radius 2 is 1.36 bits per heavy atom. The molecule has 0 amide bonds. The minimum absolute atomic E-state index is 1.40. The van der Waals surface area contributed by atoms with Gasteiger partial charge in [-0.05, 0) is 20.9 Å². The quantitative estimate of drug-likeness (QED) is 0.360. The molecule has 0 radical (unpaired) electrons. The van der Waals surface area contributed by atoms with Gasteiger partial charge in [-0.25, -0.2) is 10.2 Å². The molecule has 0 aromatic carbocycles. The fourth-order valence-electron chi connectivity index (χ4n) is 0.258. The summed E-state index contributed by atoms with van der Waals surface area (Å²) in [7, 11) is -3.13. The molecule has 2 heterocycles. The minimum Gasteiger partial charge on any atom is -0.326 e. The van der Waals surface area contributed by atoms with E-state index in [1.807, 2.05) is 0 Å². The zero-order valence-corrected chi connectivity index (χ0v) is 7.64. The van der Waals surface area contributed by atoms with E-state index >= 15 is 0 Å². The van der Waals surface area contributed by atoms with Crippen LogP contribution in [-0.2, 0) is 4.57 Å². The first-order valence-electron chi connectivity index (χ1n) is 2.99. The lowest BCUT2D eigenvalue weighted by Crippen LogP contribution is -1.64. The molecule has 2 rings (SSSR count). The third-order valence-corrected chi connectivity index (χ3v) is 0.539. The summed E-state index contributed by atoms with van der Waals surface area (Å²) in [4.78, 5) is 14.3. The average Bonchev–Trinajstić information content (AvgIpc) is 2.83. The average molecular weight is 222 g/mol. The van der Waals surface area contributed by atoms with Gasteiger partial charge in [0.25, 0.3) is 0 Å². The molecule has 78 valence electrons. The van der Waals surface area contributed by atoms with Crippen LogP contribution in [0.2, 0.25) is 0 Å². The van der Waals surface area contributed by atoms with E-state index in [0.717, 1.165) is 0 Å². The third-order valence-electron chi connectivity index (χ3n) is 0.539. The Hall–Kier alpha value is -1.71. The van der Waals surface area contributed by atoms with Crippen LogP contribution in [0.15, 0.2) is 12.7 Å². The summed E-state index contributed by atoms with van der Waals surface area (Å²) in [6.07, 6.45) is 2.81. The van der Waals surface area contributed by atoms with E-state index in [9.17, 15) is 0 Å². The van der Waals surface area contributed by atoms with Crippen molar-refractivity contribution in [2.45, 2.75) is 0 Å². The maximum absolute atomic E-state index is 8.74. The summed E-state index contributed by atoms with van der Waals surface area (Å²) in [6, 6.07) is 0. The van der Waals surface area contributed by atoms with Crippen molar-refractivity contribution in [1.82, 2.24) is 41.2 Å². The highest BCUT2D eigenvalue weighted by molar-refractivity contribution is 7.30. The molecule has 0 spiro atoms. The first kappa shape index (κ1) is 12.3. The molecule has 2 aromatic heterocycles. The van der Waals surface area contributed by atoms with E-state index in [1.165, 1.54) is 12.7 Å². The fraction of sp³-hybridized carbons (Fsp3) is 0. The summed E-state index contributed by atoms with van der Waals surface area (Å²) in [5.74, 6) is 0. The number of rotatable bonds is 0. The molecule has 0 atom stereocenters. The predicted molar refractivity (Wildman–Crippen MR) is 41.8 cm³/mol. The highest BCUT2D eigenvalue weighted by Crippen LogP contribution is 1.98. The number of H-pyrrole nitrogens is 2. The third kappa shape index (κ3) is 12.9. The molecule has 0 aliphatic rings. The molecule has 0 aliphatic carbocycles. The van der Waals surface area contributed by atoms with Crippen LogP contribution in [0.3, 0.4) is 0 Å². The number of aromatic nitrogens is 8. The van der Waals surface area contributed by atoms with Crippen LogP contribution >= 0.6 is 8.25 Å². The smallest absolute Gasteiger partial charge is 0.314 e. The Morgan fingerprint density at radius 1 is 1.00 bits per heavy atom. The van der Waals surface area contributed by atoms with Gasteiger partial charge in [-0.1, -0.05) is 0 Å². The summed E-state index contributed by atoms with van der Waals surface area (Å²) in [5.41, 5.74) is 0. The van der Waals surface area contributed by atoms with Gasteiger partial charge >= 0.3 is 8.25 Å². The number of hydrogen-bond acceptors (Lipinski definition) is 7. The SMILES string of the molecule is O=[PH](O)O.c1nnn[nH]1.c1nnn[nH]1. The fourth-order valence-corrected chi connectivity index (χ4v) is 0.258. The van der Waals surface area contributed by atoms with E-state index in [-0.39, 0.29) is 0 Å². The summed E-state index contributed by atoms with van der Waals surface area (Å²) >= 11 is 0. The monoisotopic (exact) mass is 222 g/mol. The molecule has 0 bridgehead atoms. The zero-order valence-electron chi connectivity index (χ0n) is 6.64. The van der Waals surface area contributed by atoms with Crippen molar-refractivity contribution in [2.24, 2.45) is 0 Å². The Labute approximate surface area is 77.5 Å². The van der Waals surface area contributed by atoms with Gasteiger partial charge in [0.15, 0.2) is 0 Å². The first-order valence-corrected chi connectivity index (χ1v) is 4.29. The van der Waals surface area contributed by atoms with Gasteiger partial charge in [0.2, 0.25) is 0 Å². The Bertz CT molecular complexity index is 230. The van der Waals surface area contributed by atoms with Crippen LogP contribution in [0.1, 0.15) is 0 Å². The largest absolute Gasteiger partial charge is 0.326 e. The van der Waals surface area contributed by atoms with Crippen LogP contribution in [0.4, 0.5) is 0 Å². The van der Waals surface area contributed by atoms with Crippen molar-refractivity contribution in [3.05, 3.63) is 12.7 Å². The van der Waals surface area contributed by atoms with Gasteiger partial charge < -0.3 is 9.79 Å². The standard InChI is InChI=1S/2CH2N4.H3O3P/c2*1-2-4-5-3-1;1-4(2)3/h2*1H,(H,2,3,4,5);4H,(H2,1,2,3). The number of aromatic amines is 2. The molecule has 2 aromatic rings. The number of hydrogen-bond donors (Lipinski definition) is 4. The van der Waals surface area contributed by atoms with Crippen molar-refractivity contribution < 1.29 is 14.4 Å². The van der Waals surface area contributed by atoms with E-state index in [0.29, 0.717) is 0 Å². The van der Waals surface area contributed by atoms with Gasteiger partial charge in [-0.3, -0.25) is 4.57 Å². The number of nitrogens with zero attached hydrogens (tertiary/aromatic N) is 6. The predicted octanol–water partition coefficient (Wildman–Crippen LogP) is -2.24.